The summed E-state index contributed by atoms with van der Waals surface area (Å²) in [6.07, 6.45) is 1.14. The molecular weight excluding hydrogens is 358 g/mol. The van der Waals surface area contributed by atoms with Crippen LogP contribution in [0.15, 0.2) is 23.2 Å². The first-order valence-corrected chi connectivity index (χ1v) is 8.91. The monoisotopic (exact) mass is 384 g/mol. The molecule has 1 heterocycles. The molecule has 0 aliphatic carbocycles. The van der Waals surface area contributed by atoms with Gasteiger partial charge in [0.25, 0.3) is 0 Å². The van der Waals surface area contributed by atoms with E-state index < -0.39 is 6.61 Å². The molecule has 2 rings (SSSR count). The average molecular weight is 384 g/mol. The molecule has 0 bridgehead atoms. The SMILES string of the molecule is CCOC(=O)N1CCC(NC(N)=NCc2cc(C)ccc2OC(F)F)CC1. The summed E-state index contributed by atoms with van der Waals surface area (Å²) in [4.78, 5) is 17.6. The maximum absolute atomic E-state index is 12.5. The number of carbonyl (C=O) groups is 1. The van der Waals surface area contributed by atoms with Crippen LogP contribution in [0.3, 0.4) is 0 Å². The smallest absolute Gasteiger partial charge is 0.409 e. The summed E-state index contributed by atoms with van der Waals surface area (Å²) in [5.74, 6) is 0.323. The first-order chi connectivity index (χ1) is 12.9. The number of ether oxygens (including phenoxy) is 2. The number of aliphatic imine (C=N–C) groups is 1. The van der Waals surface area contributed by atoms with Gasteiger partial charge in [-0.05, 0) is 32.8 Å². The third-order valence-corrected chi connectivity index (χ3v) is 4.22. The maximum atomic E-state index is 12.5. The van der Waals surface area contributed by atoms with E-state index in [4.69, 9.17) is 10.5 Å². The lowest BCUT2D eigenvalue weighted by molar-refractivity contribution is -0.0504. The van der Waals surface area contributed by atoms with Crippen molar-refractivity contribution >= 4 is 12.1 Å². The predicted molar refractivity (Wildman–Crippen MR) is 97.9 cm³/mol. The number of benzene rings is 1. The van der Waals surface area contributed by atoms with E-state index in [0.717, 1.165) is 18.4 Å². The predicted octanol–water partition coefficient (Wildman–Crippen LogP) is 2.62. The summed E-state index contributed by atoms with van der Waals surface area (Å²) in [5.41, 5.74) is 7.38. The summed E-state index contributed by atoms with van der Waals surface area (Å²) >= 11 is 0. The van der Waals surface area contributed by atoms with Crippen molar-refractivity contribution in [2.75, 3.05) is 19.7 Å². The molecule has 7 nitrogen and oxygen atoms in total. The Hall–Kier alpha value is -2.58. The largest absolute Gasteiger partial charge is 0.450 e. The van der Waals surface area contributed by atoms with Gasteiger partial charge in [-0.3, -0.25) is 0 Å². The minimum Gasteiger partial charge on any atom is -0.450 e. The van der Waals surface area contributed by atoms with Crippen LogP contribution in [0.5, 0.6) is 5.75 Å². The molecule has 1 aromatic carbocycles. The number of piperidine rings is 1. The van der Waals surface area contributed by atoms with Gasteiger partial charge in [-0.15, -0.1) is 0 Å². The number of hydrogen-bond acceptors (Lipinski definition) is 4. The lowest BCUT2D eigenvalue weighted by Crippen LogP contribution is -2.48. The van der Waals surface area contributed by atoms with Crippen LogP contribution < -0.4 is 15.8 Å². The van der Waals surface area contributed by atoms with Crippen LogP contribution in [0.25, 0.3) is 0 Å². The number of halogens is 2. The minimum absolute atomic E-state index is 0.0914. The second-order valence-electron chi connectivity index (χ2n) is 6.30. The quantitative estimate of drug-likeness (QED) is 0.581. The van der Waals surface area contributed by atoms with Gasteiger partial charge in [0.15, 0.2) is 5.96 Å². The van der Waals surface area contributed by atoms with Gasteiger partial charge in [0.2, 0.25) is 0 Å². The molecule has 0 atom stereocenters. The second kappa shape index (κ2) is 9.94. The molecule has 27 heavy (non-hydrogen) atoms. The molecule has 1 aliphatic heterocycles. The highest BCUT2D eigenvalue weighted by Gasteiger charge is 2.23. The molecule has 1 saturated heterocycles. The first kappa shape index (κ1) is 20.7. The van der Waals surface area contributed by atoms with Crippen molar-refractivity contribution in [2.45, 2.75) is 45.9 Å². The van der Waals surface area contributed by atoms with E-state index in [9.17, 15) is 13.6 Å². The Bertz CT molecular complexity index is 662. The van der Waals surface area contributed by atoms with Crippen molar-refractivity contribution in [3.05, 3.63) is 29.3 Å². The number of alkyl halides is 2. The zero-order chi connectivity index (χ0) is 19.8. The molecule has 1 aromatic rings. The summed E-state index contributed by atoms with van der Waals surface area (Å²) < 4.78 is 34.5. The average Bonchev–Trinajstić information content (AvgIpc) is 2.62. The van der Waals surface area contributed by atoms with E-state index in [-0.39, 0.29) is 30.4 Å². The highest BCUT2D eigenvalue weighted by Crippen LogP contribution is 2.23. The number of nitrogens with two attached hydrogens (primary N) is 1. The number of hydrogen-bond donors (Lipinski definition) is 2. The van der Waals surface area contributed by atoms with Crippen molar-refractivity contribution in [1.82, 2.24) is 10.2 Å². The topological polar surface area (TPSA) is 89.2 Å². The van der Waals surface area contributed by atoms with Crippen LogP contribution in [0.4, 0.5) is 13.6 Å². The van der Waals surface area contributed by atoms with Crippen molar-refractivity contribution in [1.29, 1.82) is 0 Å². The van der Waals surface area contributed by atoms with Gasteiger partial charge in [0.05, 0.1) is 13.2 Å². The van der Waals surface area contributed by atoms with Crippen molar-refractivity contribution in [3.63, 3.8) is 0 Å². The molecule has 0 spiro atoms. The van der Waals surface area contributed by atoms with Gasteiger partial charge in [-0.2, -0.15) is 8.78 Å². The normalized spacial score (nSPS) is 15.7. The van der Waals surface area contributed by atoms with Crippen LogP contribution in [-0.4, -0.2) is 49.3 Å². The van der Waals surface area contributed by atoms with Gasteiger partial charge in [0, 0.05) is 24.7 Å². The molecule has 0 aromatic heterocycles. The Morgan fingerprint density at radius 1 is 1.41 bits per heavy atom. The molecule has 150 valence electrons. The number of guanidine groups is 1. The van der Waals surface area contributed by atoms with Gasteiger partial charge >= 0.3 is 12.7 Å². The number of nitrogens with one attached hydrogen (secondary N) is 1. The highest BCUT2D eigenvalue weighted by molar-refractivity contribution is 5.78. The molecule has 0 saturated carbocycles. The molecule has 9 heteroatoms. The van der Waals surface area contributed by atoms with Gasteiger partial charge < -0.3 is 25.4 Å². The zero-order valence-corrected chi connectivity index (χ0v) is 15.6. The molecule has 0 radical (unpaired) electrons. The minimum atomic E-state index is -2.89. The third kappa shape index (κ3) is 6.58. The lowest BCUT2D eigenvalue weighted by Gasteiger charge is -2.31. The molecule has 0 unspecified atom stereocenters. The van der Waals surface area contributed by atoms with E-state index in [1.165, 1.54) is 6.07 Å². The van der Waals surface area contributed by atoms with Crippen LogP contribution >= 0.6 is 0 Å². The Kier molecular flexibility index (Phi) is 7.63. The van der Waals surface area contributed by atoms with Crippen LogP contribution in [0, 0.1) is 6.92 Å². The maximum Gasteiger partial charge on any atom is 0.409 e. The number of carbonyl (C=O) groups excluding carboxylic acids is 1. The Morgan fingerprint density at radius 2 is 2.11 bits per heavy atom. The van der Waals surface area contributed by atoms with Crippen LogP contribution in [0.1, 0.15) is 30.9 Å². The summed E-state index contributed by atoms with van der Waals surface area (Å²) in [6, 6.07) is 5.03. The first-order valence-electron chi connectivity index (χ1n) is 8.91. The van der Waals surface area contributed by atoms with Crippen LogP contribution in [-0.2, 0) is 11.3 Å². The number of nitrogens with zero attached hydrogens (tertiary/aromatic N) is 2. The number of aryl methyl sites for hydroxylation is 1. The second-order valence-corrected chi connectivity index (χ2v) is 6.30. The molecule has 1 amide bonds. The van der Waals surface area contributed by atoms with Crippen molar-refractivity contribution in [3.8, 4) is 5.75 Å². The van der Waals surface area contributed by atoms with E-state index in [1.54, 1.807) is 24.0 Å². The zero-order valence-electron chi connectivity index (χ0n) is 15.6. The number of rotatable bonds is 6. The Balaban J connectivity index is 1.88. The summed E-state index contributed by atoms with van der Waals surface area (Å²) in [6.45, 7) is 2.38. The lowest BCUT2D eigenvalue weighted by atomic mass is 10.1. The summed E-state index contributed by atoms with van der Waals surface area (Å²) in [5, 5.41) is 3.12. The molecular formula is C18H26F2N4O3. The Labute approximate surface area is 157 Å². The van der Waals surface area contributed by atoms with E-state index >= 15 is 0 Å². The Morgan fingerprint density at radius 3 is 2.74 bits per heavy atom. The van der Waals surface area contributed by atoms with Crippen LogP contribution in [0.2, 0.25) is 0 Å². The highest BCUT2D eigenvalue weighted by atomic mass is 19.3. The summed E-state index contributed by atoms with van der Waals surface area (Å²) in [7, 11) is 0. The van der Waals surface area contributed by atoms with E-state index in [2.05, 4.69) is 15.0 Å². The third-order valence-electron chi connectivity index (χ3n) is 4.22. The van der Waals surface area contributed by atoms with Gasteiger partial charge in [0.1, 0.15) is 5.75 Å². The fraction of sp³-hybridized carbons (Fsp3) is 0.556. The van der Waals surface area contributed by atoms with Crippen molar-refractivity contribution < 1.29 is 23.0 Å². The van der Waals surface area contributed by atoms with E-state index in [0.29, 0.717) is 25.3 Å². The van der Waals surface area contributed by atoms with Crippen molar-refractivity contribution in [2.24, 2.45) is 10.7 Å². The van der Waals surface area contributed by atoms with Gasteiger partial charge in [-0.1, -0.05) is 17.7 Å². The standard InChI is InChI=1S/C18H26F2N4O3/c1-3-26-18(25)24-8-6-14(7-9-24)23-17(21)22-11-13-10-12(2)4-5-15(13)27-16(19)20/h4-5,10,14,16H,3,6-9,11H2,1-2H3,(H3,21,22,23). The van der Waals surface area contributed by atoms with E-state index in [1.807, 2.05) is 6.92 Å². The number of amides is 1. The number of likely N-dealkylation sites (tertiary alicyclic amines) is 1. The fourth-order valence-electron chi connectivity index (χ4n) is 2.89. The fourth-order valence-corrected chi connectivity index (χ4v) is 2.89. The molecule has 3 N–H and O–H groups in total. The molecule has 1 fully saturated rings. The molecule has 1 aliphatic rings. The van der Waals surface area contributed by atoms with Gasteiger partial charge in [-0.25, -0.2) is 9.79 Å².